The van der Waals surface area contributed by atoms with Crippen molar-refractivity contribution in [2.75, 3.05) is 13.7 Å². The van der Waals surface area contributed by atoms with Crippen LogP contribution in [-0.4, -0.2) is 19.8 Å². The maximum absolute atomic E-state index is 5.37. The van der Waals surface area contributed by atoms with Crippen LogP contribution >= 0.6 is 0 Å². The zero-order valence-corrected chi connectivity index (χ0v) is 11.5. The topological polar surface area (TPSA) is 21.3 Å². The van der Waals surface area contributed by atoms with Crippen LogP contribution in [0.1, 0.15) is 48.1 Å². The summed E-state index contributed by atoms with van der Waals surface area (Å²) in [6, 6.07) is 5.86. The minimum Gasteiger partial charge on any atom is -0.383 e. The maximum atomic E-state index is 5.37. The van der Waals surface area contributed by atoms with E-state index in [2.05, 4.69) is 24.4 Å². The summed E-state index contributed by atoms with van der Waals surface area (Å²) in [4.78, 5) is 0. The molecule has 2 nitrogen and oxygen atoms in total. The van der Waals surface area contributed by atoms with E-state index in [0.29, 0.717) is 12.1 Å². The fourth-order valence-corrected chi connectivity index (χ4v) is 3.48. The van der Waals surface area contributed by atoms with Crippen LogP contribution < -0.4 is 5.32 Å². The standard InChI is InChI=1S/C16H23NO/c1-11-7-14-8-12-5-3-4-6-13(12)9-15(14)16(17-11)10-18-2/h8-9,11,16-17H,3-7,10H2,1-2H3. The van der Waals surface area contributed by atoms with Gasteiger partial charge in [0.15, 0.2) is 0 Å². The number of hydrogen-bond donors (Lipinski definition) is 1. The molecule has 1 heterocycles. The molecule has 0 aromatic heterocycles. The Labute approximate surface area is 110 Å². The van der Waals surface area contributed by atoms with Gasteiger partial charge in [0, 0.05) is 13.2 Å². The number of benzene rings is 1. The summed E-state index contributed by atoms with van der Waals surface area (Å²) in [7, 11) is 1.79. The van der Waals surface area contributed by atoms with Crippen LogP contribution in [0.4, 0.5) is 0 Å². The van der Waals surface area contributed by atoms with Crippen LogP contribution in [0.3, 0.4) is 0 Å². The molecule has 0 spiro atoms. The highest BCUT2D eigenvalue weighted by Gasteiger charge is 2.25. The number of hydrogen-bond acceptors (Lipinski definition) is 2. The second-order valence-corrected chi connectivity index (χ2v) is 5.81. The third-order valence-electron chi connectivity index (χ3n) is 4.32. The molecule has 98 valence electrons. The minimum absolute atomic E-state index is 0.376. The molecule has 2 aliphatic rings. The van der Waals surface area contributed by atoms with Crippen LogP contribution in [-0.2, 0) is 24.0 Å². The Balaban J connectivity index is 2.00. The second kappa shape index (κ2) is 5.02. The number of nitrogens with one attached hydrogen (secondary N) is 1. The molecule has 2 atom stereocenters. The molecule has 0 fully saturated rings. The molecule has 0 saturated heterocycles. The van der Waals surface area contributed by atoms with Gasteiger partial charge in [-0.05, 0) is 61.3 Å². The van der Waals surface area contributed by atoms with E-state index in [0.717, 1.165) is 13.0 Å². The molecular weight excluding hydrogens is 222 g/mol. The number of methoxy groups -OCH3 is 1. The number of ether oxygens (including phenoxy) is 1. The fourth-order valence-electron chi connectivity index (χ4n) is 3.48. The van der Waals surface area contributed by atoms with Crippen molar-refractivity contribution in [2.45, 2.75) is 51.1 Å². The van der Waals surface area contributed by atoms with Crippen molar-refractivity contribution in [1.29, 1.82) is 0 Å². The van der Waals surface area contributed by atoms with Gasteiger partial charge in [-0.25, -0.2) is 0 Å². The van der Waals surface area contributed by atoms with Crippen LogP contribution in [0, 0.1) is 0 Å². The summed E-state index contributed by atoms with van der Waals surface area (Å²) >= 11 is 0. The molecule has 2 unspecified atom stereocenters. The van der Waals surface area contributed by atoms with Gasteiger partial charge < -0.3 is 10.1 Å². The second-order valence-electron chi connectivity index (χ2n) is 5.81. The SMILES string of the molecule is COCC1NC(C)Cc2cc3c(cc21)CCCC3. The van der Waals surface area contributed by atoms with Crippen molar-refractivity contribution in [3.8, 4) is 0 Å². The van der Waals surface area contributed by atoms with Crippen molar-refractivity contribution >= 4 is 0 Å². The molecule has 1 N–H and O–H groups in total. The van der Waals surface area contributed by atoms with Gasteiger partial charge in [0.25, 0.3) is 0 Å². The van der Waals surface area contributed by atoms with E-state index in [1.807, 2.05) is 0 Å². The van der Waals surface area contributed by atoms with Gasteiger partial charge in [-0.3, -0.25) is 0 Å². The molecular formula is C16H23NO. The predicted molar refractivity (Wildman–Crippen MR) is 74.0 cm³/mol. The Morgan fingerprint density at radius 1 is 1.17 bits per heavy atom. The lowest BCUT2D eigenvalue weighted by atomic mass is 9.83. The van der Waals surface area contributed by atoms with Gasteiger partial charge in [-0.15, -0.1) is 0 Å². The van der Waals surface area contributed by atoms with Gasteiger partial charge in [-0.1, -0.05) is 12.1 Å². The number of fused-ring (bicyclic) bond motifs is 2. The summed E-state index contributed by atoms with van der Waals surface area (Å²) < 4.78 is 5.37. The normalized spacial score (nSPS) is 26.6. The first-order valence-electron chi connectivity index (χ1n) is 7.17. The number of rotatable bonds is 2. The molecule has 0 saturated carbocycles. The predicted octanol–water partition coefficient (Wildman–Crippen LogP) is 2.79. The lowest BCUT2D eigenvalue weighted by molar-refractivity contribution is 0.158. The highest BCUT2D eigenvalue weighted by atomic mass is 16.5. The Kier molecular flexibility index (Phi) is 3.40. The van der Waals surface area contributed by atoms with Crippen molar-refractivity contribution in [2.24, 2.45) is 0 Å². The average Bonchev–Trinajstić information content (AvgIpc) is 2.37. The summed E-state index contributed by atoms with van der Waals surface area (Å²) in [5.41, 5.74) is 6.21. The summed E-state index contributed by atoms with van der Waals surface area (Å²) in [6.45, 7) is 3.04. The van der Waals surface area contributed by atoms with E-state index < -0.39 is 0 Å². The average molecular weight is 245 g/mol. The molecule has 18 heavy (non-hydrogen) atoms. The third kappa shape index (κ3) is 2.19. The van der Waals surface area contributed by atoms with Crippen LogP contribution in [0.15, 0.2) is 12.1 Å². The third-order valence-corrected chi connectivity index (χ3v) is 4.32. The molecule has 1 aromatic carbocycles. The zero-order valence-electron chi connectivity index (χ0n) is 11.5. The van der Waals surface area contributed by atoms with Crippen molar-refractivity contribution in [3.05, 3.63) is 34.4 Å². The molecule has 0 radical (unpaired) electrons. The monoisotopic (exact) mass is 245 g/mol. The lowest BCUT2D eigenvalue weighted by Crippen LogP contribution is -2.39. The van der Waals surface area contributed by atoms with Gasteiger partial charge in [0.2, 0.25) is 0 Å². The van der Waals surface area contributed by atoms with Gasteiger partial charge in [-0.2, -0.15) is 0 Å². The zero-order chi connectivity index (χ0) is 12.5. The molecule has 1 aromatic rings. The highest BCUT2D eigenvalue weighted by molar-refractivity contribution is 5.43. The first-order chi connectivity index (χ1) is 8.78. The largest absolute Gasteiger partial charge is 0.383 e. The van der Waals surface area contributed by atoms with Crippen LogP contribution in [0.25, 0.3) is 0 Å². The van der Waals surface area contributed by atoms with E-state index in [1.54, 1.807) is 23.8 Å². The fraction of sp³-hybridized carbons (Fsp3) is 0.625. The lowest BCUT2D eigenvalue weighted by Gasteiger charge is -2.33. The van der Waals surface area contributed by atoms with Gasteiger partial charge in [0.1, 0.15) is 0 Å². The first-order valence-corrected chi connectivity index (χ1v) is 7.17. The quantitative estimate of drug-likeness (QED) is 0.865. The Morgan fingerprint density at radius 3 is 2.61 bits per heavy atom. The van der Waals surface area contributed by atoms with E-state index in [4.69, 9.17) is 4.74 Å². The molecule has 2 heteroatoms. The van der Waals surface area contributed by atoms with E-state index in [1.165, 1.54) is 31.2 Å². The first kappa shape index (κ1) is 12.2. The smallest absolute Gasteiger partial charge is 0.0657 e. The Hall–Kier alpha value is -0.860. The summed E-state index contributed by atoms with van der Waals surface area (Å²) in [6.07, 6.45) is 6.41. The number of aryl methyl sites for hydroxylation is 2. The summed E-state index contributed by atoms with van der Waals surface area (Å²) in [5.74, 6) is 0. The van der Waals surface area contributed by atoms with Crippen molar-refractivity contribution in [3.63, 3.8) is 0 Å². The highest BCUT2D eigenvalue weighted by Crippen LogP contribution is 2.31. The van der Waals surface area contributed by atoms with Crippen molar-refractivity contribution < 1.29 is 4.74 Å². The van der Waals surface area contributed by atoms with Crippen molar-refractivity contribution in [1.82, 2.24) is 5.32 Å². The van der Waals surface area contributed by atoms with E-state index in [9.17, 15) is 0 Å². The molecule has 1 aliphatic carbocycles. The van der Waals surface area contributed by atoms with Gasteiger partial charge in [0.05, 0.1) is 12.6 Å². The van der Waals surface area contributed by atoms with E-state index in [-0.39, 0.29) is 0 Å². The minimum atomic E-state index is 0.376. The molecule has 0 bridgehead atoms. The van der Waals surface area contributed by atoms with Crippen LogP contribution in [0.5, 0.6) is 0 Å². The summed E-state index contributed by atoms with van der Waals surface area (Å²) in [5, 5.41) is 3.66. The van der Waals surface area contributed by atoms with E-state index >= 15 is 0 Å². The van der Waals surface area contributed by atoms with Crippen LogP contribution in [0.2, 0.25) is 0 Å². The molecule has 0 amide bonds. The maximum Gasteiger partial charge on any atom is 0.0657 e. The van der Waals surface area contributed by atoms with Gasteiger partial charge >= 0.3 is 0 Å². The molecule has 3 rings (SSSR count). The Morgan fingerprint density at radius 2 is 1.89 bits per heavy atom. The molecule has 1 aliphatic heterocycles. The Bertz CT molecular complexity index is 441.